The first-order chi connectivity index (χ1) is 11.7. The van der Waals surface area contributed by atoms with Crippen molar-refractivity contribution in [3.8, 4) is 0 Å². The van der Waals surface area contributed by atoms with E-state index in [4.69, 9.17) is 0 Å². The standard InChI is InChI=1S/C16H16N4O2S2/c1-2-14-18-19-16(24-14)17-13(21)8-20-12(9-23-10-15(20)22)11-6-4-3-5-7-11/h3-7,9H,2,8,10H2,1H3,(H,17,19,21). The molecule has 0 atom stereocenters. The fourth-order valence-corrected chi connectivity index (χ4v) is 3.72. The molecule has 1 aromatic carbocycles. The molecule has 2 heterocycles. The van der Waals surface area contributed by atoms with Gasteiger partial charge >= 0.3 is 0 Å². The lowest BCUT2D eigenvalue weighted by atomic mass is 10.1. The van der Waals surface area contributed by atoms with Crippen molar-refractivity contribution in [3.63, 3.8) is 0 Å². The van der Waals surface area contributed by atoms with Crippen molar-refractivity contribution in [1.82, 2.24) is 15.1 Å². The average molecular weight is 360 g/mol. The van der Waals surface area contributed by atoms with E-state index in [-0.39, 0.29) is 18.4 Å². The van der Waals surface area contributed by atoms with Crippen molar-refractivity contribution >= 4 is 45.7 Å². The summed E-state index contributed by atoms with van der Waals surface area (Å²) in [6.07, 6.45) is 0.774. The number of anilines is 1. The fourth-order valence-electron chi connectivity index (χ4n) is 2.22. The Morgan fingerprint density at radius 2 is 2.08 bits per heavy atom. The number of nitrogens with zero attached hydrogens (tertiary/aromatic N) is 3. The molecular formula is C16H16N4O2S2. The molecule has 1 aliphatic rings. The second kappa shape index (κ2) is 7.59. The van der Waals surface area contributed by atoms with E-state index in [1.54, 1.807) is 0 Å². The third-order valence-corrected chi connectivity index (χ3v) is 5.17. The van der Waals surface area contributed by atoms with E-state index >= 15 is 0 Å². The zero-order valence-electron chi connectivity index (χ0n) is 13.1. The lowest BCUT2D eigenvalue weighted by Crippen LogP contribution is -2.39. The molecule has 1 N–H and O–H groups in total. The normalized spacial score (nSPS) is 14.5. The van der Waals surface area contributed by atoms with Gasteiger partial charge in [0.1, 0.15) is 11.6 Å². The van der Waals surface area contributed by atoms with Crippen molar-refractivity contribution in [2.75, 3.05) is 17.6 Å². The Morgan fingerprint density at radius 1 is 1.29 bits per heavy atom. The largest absolute Gasteiger partial charge is 0.301 e. The highest BCUT2D eigenvalue weighted by molar-refractivity contribution is 8.03. The molecule has 6 nitrogen and oxygen atoms in total. The first kappa shape index (κ1) is 16.7. The number of rotatable bonds is 5. The number of aryl methyl sites for hydroxylation is 1. The van der Waals surface area contributed by atoms with Gasteiger partial charge in [0.05, 0.1) is 11.4 Å². The number of carbonyl (C=O) groups is 2. The minimum Gasteiger partial charge on any atom is -0.301 e. The highest BCUT2D eigenvalue weighted by atomic mass is 32.2. The van der Waals surface area contributed by atoms with Gasteiger partial charge in [0, 0.05) is 0 Å². The Hall–Kier alpha value is -2.19. The fraction of sp³-hybridized carbons (Fsp3) is 0.250. The second-order valence-electron chi connectivity index (χ2n) is 5.06. The van der Waals surface area contributed by atoms with Crippen LogP contribution in [0.2, 0.25) is 0 Å². The molecule has 124 valence electrons. The maximum atomic E-state index is 12.3. The maximum absolute atomic E-state index is 12.3. The van der Waals surface area contributed by atoms with Gasteiger partial charge in [-0.3, -0.25) is 14.9 Å². The molecule has 0 radical (unpaired) electrons. The van der Waals surface area contributed by atoms with Gasteiger partial charge < -0.3 is 4.90 Å². The van der Waals surface area contributed by atoms with Gasteiger partial charge in [0.25, 0.3) is 0 Å². The van der Waals surface area contributed by atoms with Crippen LogP contribution in [0.4, 0.5) is 5.13 Å². The number of thioether (sulfide) groups is 1. The molecule has 0 unspecified atom stereocenters. The van der Waals surface area contributed by atoms with Gasteiger partial charge in [-0.2, -0.15) is 0 Å². The van der Waals surface area contributed by atoms with E-state index in [0.717, 1.165) is 22.7 Å². The summed E-state index contributed by atoms with van der Waals surface area (Å²) >= 11 is 2.79. The van der Waals surface area contributed by atoms with Crippen molar-refractivity contribution in [2.45, 2.75) is 13.3 Å². The Balaban J connectivity index is 1.73. The summed E-state index contributed by atoms with van der Waals surface area (Å²) in [4.78, 5) is 26.1. The van der Waals surface area contributed by atoms with Crippen LogP contribution in [-0.4, -0.2) is 39.2 Å². The summed E-state index contributed by atoms with van der Waals surface area (Å²) in [5, 5.41) is 13.9. The Bertz CT molecular complexity index is 773. The van der Waals surface area contributed by atoms with E-state index in [2.05, 4.69) is 15.5 Å². The smallest absolute Gasteiger partial charge is 0.246 e. The molecule has 0 bridgehead atoms. The summed E-state index contributed by atoms with van der Waals surface area (Å²) < 4.78 is 0. The summed E-state index contributed by atoms with van der Waals surface area (Å²) in [7, 11) is 0. The topological polar surface area (TPSA) is 75.2 Å². The van der Waals surface area contributed by atoms with Crippen LogP contribution in [0.3, 0.4) is 0 Å². The van der Waals surface area contributed by atoms with Crippen LogP contribution in [0.15, 0.2) is 35.7 Å². The van der Waals surface area contributed by atoms with Crippen LogP contribution in [0.5, 0.6) is 0 Å². The first-order valence-electron chi connectivity index (χ1n) is 7.47. The minimum atomic E-state index is -0.282. The predicted octanol–water partition coefficient (Wildman–Crippen LogP) is 2.61. The lowest BCUT2D eigenvalue weighted by Gasteiger charge is -2.27. The van der Waals surface area contributed by atoms with Gasteiger partial charge in [0.2, 0.25) is 16.9 Å². The van der Waals surface area contributed by atoms with E-state index in [0.29, 0.717) is 10.9 Å². The molecule has 0 spiro atoms. The summed E-state index contributed by atoms with van der Waals surface area (Å²) in [5.74, 6) is -0.0264. The van der Waals surface area contributed by atoms with E-state index in [9.17, 15) is 9.59 Å². The van der Waals surface area contributed by atoms with Crippen LogP contribution in [0, 0.1) is 0 Å². The molecule has 24 heavy (non-hydrogen) atoms. The maximum Gasteiger partial charge on any atom is 0.246 e. The van der Waals surface area contributed by atoms with Crippen molar-refractivity contribution in [2.24, 2.45) is 0 Å². The van der Waals surface area contributed by atoms with Crippen molar-refractivity contribution in [1.29, 1.82) is 0 Å². The molecule has 0 saturated carbocycles. The number of amides is 2. The van der Waals surface area contributed by atoms with Gasteiger partial charge in [-0.25, -0.2) is 0 Å². The number of hydrogen-bond donors (Lipinski definition) is 1. The van der Waals surface area contributed by atoms with Crippen molar-refractivity contribution < 1.29 is 9.59 Å². The van der Waals surface area contributed by atoms with E-state index in [1.165, 1.54) is 28.0 Å². The molecule has 0 aliphatic carbocycles. The molecular weight excluding hydrogens is 344 g/mol. The van der Waals surface area contributed by atoms with Gasteiger partial charge in [0.15, 0.2) is 0 Å². The quantitative estimate of drug-likeness (QED) is 0.887. The molecule has 0 fully saturated rings. The highest BCUT2D eigenvalue weighted by Gasteiger charge is 2.25. The van der Waals surface area contributed by atoms with Crippen LogP contribution in [-0.2, 0) is 16.0 Å². The molecule has 1 aromatic heterocycles. The van der Waals surface area contributed by atoms with Crippen LogP contribution in [0.25, 0.3) is 5.70 Å². The Kier molecular flexibility index (Phi) is 5.27. The number of hydrogen-bond acceptors (Lipinski definition) is 6. The Labute approximate surface area is 148 Å². The number of carbonyl (C=O) groups excluding carboxylic acids is 2. The highest BCUT2D eigenvalue weighted by Crippen LogP contribution is 2.28. The molecule has 3 rings (SSSR count). The van der Waals surface area contributed by atoms with E-state index < -0.39 is 0 Å². The monoisotopic (exact) mass is 360 g/mol. The molecule has 0 saturated heterocycles. The summed E-state index contributed by atoms with van der Waals surface area (Å²) in [5.41, 5.74) is 1.66. The molecule has 2 amide bonds. The average Bonchev–Trinajstić information content (AvgIpc) is 3.05. The SMILES string of the molecule is CCc1nnc(NC(=O)CN2C(=O)CSC=C2c2ccccc2)s1. The zero-order valence-corrected chi connectivity index (χ0v) is 14.7. The first-order valence-corrected chi connectivity index (χ1v) is 9.33. The van der Waals surface area contributed by atoms with Gasteiger partial charge in [-0.1, -0.05) is 48.6 Å². The number of aromatic nitrogens is 2. The van der Waals surface area contributed by atoms with Crippen molar-refractivity contribution in [3.05, 3.63) is 46.3 Å². The number of benzene rings is 1. The van der Waals surface area contributed by atoms with Crippen LogP contribution in [0.1, 0.15) is 17.5 Å². The summed E-state index contributed by atoms with van der Waals surface area (Å²) in [6.45, 7) is 1.94. The van der Waals surface area contributed by atoms with Gasteiger partial charge in [-0.05, 0) is 17.4 Å². The molecule has 2 aromatic rings. The summed E-state index contributed by atoms with van der Waals surface area (Å²) in [6, 6.07) is 9.58. The Morgan fingerprint density at radius 3 is 2.79 bits per heavy atom. The minimum absolute atomic E-state index is 0.0405. The second-order valence-corrected chi connectivity index (χ2v) is 6.98. The molecule has 8 heteroatoms. The number of nitrogens with one attached hydrogen (secondary N) is 1. The molecule has 1 aliphatic heterocycles. The van der Waals surface area contributed by atoms with Crippen LogP contribution >= 0.6 is 23.1 Å². The zero-order chi connectivity index (χ0) is 16.9. The third kappa shape index (κ3) is 3.82. The van der Waals surface area contributed by atoms with Crippen LogP contribution < -0.4 is 5.32 Å². The predicted molar refractivity (Wildman–Crippen MR) is 96.5 cm³/mol. The van der Waals surface area contributed by atoms with Gasteiger partial charge in [-0.15, -0.1) is 22.0 Å². The van der Waals surface area contributed by atoms with E-state index in [1.807, 2.05) is 42.7 Å². The third-order valence-electron chi connectivity index (χ3n) is 3.38. The lowest BCUT2D eigenvalue weighted by molar-refractivity contribution is -0.129.